The molecule has 0 aliphatic rings. The third-order valence-corrected chi connectivity index (χ3v) is 1.80. The van der Waals surface area contributed by atoms with Crippen LogP contribution in [0.2, 0.25) is 5.02 Å². The van der Waals surface area contributed by atoms with Crippen LogP contribution in [0.1, 0.15) is 17.3 Å². The van der Waals surface area contributed by atoms with Gasteiger partial charge in [0.05, 0.1) is 5.56 Å². The van der Waals surface area contributed by atoms with Crippen molar-refractivity contribution in [1.82, 2.24) is 0 Å². The minimum Gasteiger partial charge on any atom is -0.384 e. The van der Waals surface area contributed by atoms with Crippen molar-refractivity contribution in [3.8, 4) is 0 Å². The number of ketones is 1. The van der Waals surface area contributed by atoms with Crippen LogP contribution in [0.5, 0.6) is 0 Å². The normalized spacial score (nSPS) is 9.47. The number of esters is 2. The molecule has 1 aromatic carbocycles. The summed E-state index contributed by atoms with van der Waals surface area (Å²) in [5, 5.41) is 0.462. The monoisotopic (exact) mass is 226 g/mol. The van der Waals surface area contributed by atoms with Gasteiger partial charge in [0.1, 0.15) is 0 Å². The van der Waals surface area contributed by atoms with Gasteiger partial charge in [-0.05, 0) is 24.3 Å². The summed E-state index contributed by atoms with van der Waals surface area (Å²) < 4.78 is 4.27. The van der Waals surface area contributed by atoms with Crippen LogP contribution in [0.25, 0.3) is 0 Å². The van der Waals surface area contributed by atoms with Crippen LogP contribution in [-0.4, -0.2) is 17.7 Å². The van der Waals surface area contributed by atoms with E-state index in [4.69, 9.17) is 11.6 Å². The number of benzene rings is 1. The van der Waals surface area contributed by atoms with Gasteiger partial charge in [-0.25, -0.2) is 9.59 Å². The molecule has 15 heavy (non-hydrogen) atoms. The molecule has 5 heteroatoms. The molecule has 0 saturated carbocycles. The highest BCUT2D eigenvalue weighted by Gasteiger charge is 2.16. The summed E-state index contributed by atoms with van der Waals surface area (Å²) >= 11 is 5.60. The van der Waals surface area contributed by atoms with E-state index in [-0.39, 0.29) is 5.56 Å². The standard InChI is InChI=1S/C10H7ClO4/c1-6(12)9(13)15-10(14)7-2-4-8(11)5-3-7/h2-5H,1H3. The number of hydrogen-bond acceptors (Lipinski definition) is 4. The molecule has 0 radical (unpaired) electrons. The molecule has 0 aliphatic carbocycles. The van der Waals surface area contributed by atoms with Crippen molar-refractivity contribution >= 4 is 29.3 Å². The second kappa shape index (κ2) is 4.70. The summed E-state index contributed by atoms with van der Waals surface area (Å²) in [6.07, 6.45) is 0. The van der Waals surface area contributed by atoms with E-state index in [1.165, 1.54) is 24.3 Å². The molecule has 0 bridgehead atoms. The van der Waals surface area contributed by atoms with Crippen molar-refractivity contribution in [3.63, 3.8) is 0 Å². The van der Waals surface area contributed by atoms with Gasteiger partial charge in [0.2, 0.25) is 5.78 Å². The first kappa shape index (κ1) is 11.4. The lowest BCUT2D eigenvalue weighted by atomic mass is 10.2. The number of Topliss-reactive ketones (excluding diaryl/α,β-unsaturated/α-hetero) is 1. The Morgan fingerprint density at radius 2 is 1.67 bits per heavy atom. The minimum absolute atomic E-state index is 0.161. The van der Waals surface area contributed by atoms with Crippen molar-refractivity contribution in [2.75, 3.05) is 0 Å². The molecule has 4 nitrogen and oxygen atoms in total. The van der Waals surface area contributed by atoms with Crippen molar-refractivity contribution < 1.29 is 19.1 Å². The maximum atomic E-state index is 11.2. The fourth-order valence-electron chi connectivity index (χ4n) is 0.801. The molecule has 0 aliphatic heterocycles. The predicted molar refractivity (Wildman–Crippen MR) is 52.6 cm³/mol. The first-order valence-electron chi connectivity index (χ1n) is 4.03. The SMILES string of the molecule is CC(=O)C(=O)OC(=O)c1ccc(Cl)cc1. The summed E-state index contributed by atoms with van der Waals surface area (Å²) in [5.74, 6) is -2.86. The van der Waals surface area contributed by atoms with Crippen molar-refractivity contribution in [2.45, 2.75) is 6.92 Å². The molecule has 0 unspecified atom stereocenters. The summed E-state index contributed by atoms with van der Waals surface area (Å²) in [4.78, 5) is 32.5. The van der Waals surface area contributed by atoms with Crippen molar-refractivity contribution in [1.29, 1.82) is 0 Å². The molecule has 0 fully saturated rings. The summed E-state index contributed by atoms with van der Waals surface area (Å²) in [6.45, 7) is 1.03. The highest BCUT2D eigenvalue weighted by molar-refractivity contribution is 6.34. The van der Waals surface area contributed by atoms with Crippen LogP contribution >= 0.6 is 11.6 Å². The van der Waals surface area contributed by atoms with Crippen LogP contribution in [0.3, 0.4) is 0 Å². The maximum absolute atomic E-state index is 11.2. The van der Waals surface area contributed by atoms with Gasteiger partial charge in [0.25, 0.3) is 0 Å². The van der Waals surface area contributed by atoms with Crippen LogP contribution in [0.4, 0.5) is 0 Å². The third-order valence-electron chi connectivity index (χ3n) is 1.55. The fourth-order valence-corrected chi connectivity index (χ4v) is 0.927. The molecule has 78 valence electrons. The van der Waals surface area contributed by atoms with Gasteiger partial charge >= 0.3 is 11.9 Å². The number of carbonyl (C=O) groups is 3. The van der Waals surface area contributed by atoms with E-state index in [1.807, 2.05) is 0 Å². The summed E-state index contributed by atoms with van der Waals surface area (Å²) in [5.41, 5.74) is 0.161. The van der Waals surface area contributed by atoms with E-state index in [2.05, 4.69) is 4.74 Å². The van der Waals surface area contributed by atoms with Crippen molar-refractivity contribution in [2.24, 2.45) is 0 Å². The third kappa shape index (κ3) is 3.18. The number of rotatable bonds is 2. The topological polar surface area (TPSA) is 60.4 Å². The molecule has 0 N–H and O–H groups in total. The first-order valence-corrected chi connectivity index (χ1v) is 4.41. The average Bonchev–Trinajstić information content (AvgIpc) is 2.18. The summed E-state index contributed by atoms with van der Waals surface area (Å²) in [6, 6.07) is 5.77. The van der Waals surface area contributed by atoms with Gasteiger partial charge in [-0.2, -0.15) is 0 Å². The molecule has 0 aromatic heterocycles. The Bertz CT molecular complexity index is 408. The van der Waals surface area contributed by atoms with Crippen LogP contribution in [-0.2, 0) is 14.3 Å². The highest BCUT2D eigenvalue weighted by atomic mass is 35.5. The van der Waals surface area contributed by atoms with Crippen LogP contribution in [0, 0.1) is 0 Å². The predicted octanol–water partition coefficient (Wildman–Crippen LogP) is 1.61. The van der Waals surface area contributed by atoms with Crippen LogP contribution < -0.4 is 0 Å². The molecule has 0 spiro atoms. The van der Waals surface area contributed by atoms with Gasteiger partial charge in [0, 0.05) is 11.9 Å². The highest BCUT2D eigenvalue weighted by Crippen LogP contribution is 2.10. The van der Waals surface area contributed by atoms with E-state index in [9.17, 15) is 14.4 Å². The minimum atomic E-state index is -1.17. The molecule has 0 atom stereocenters. The zero-order chi connectivity index (χ0) is 11.4. The molecule has 1 rings (SSSR count). The van der Waals surface area contributed by atoms with Gasteiger partial charge in [-0.1, -0.05) is 11.6 Å². The Labute approximate surface area is 90.8 Å². The Balaban J connectivity index is 2.74. The molecule has 0 amide bonds. The fraction of sp³-hybridized carbons (Fsp3) is 0.100. The first-order chi connectivity index (χ1) is 7.00. The van der Waals surface area contributed by atoms with Crippen molar-refractivity contribution in [3.05, 3.63) is 34.9 Å². The second-order valence-corrected chi connectivity index (χ2v) is 3.18. The summed E-state index contributed by atoms with van der Waals surface area (Å²) in [7, 11) is 0. The Kier molecular flexibility index (Phi) is 3.57. The molecular weight excluding hydrogens is 220 g/mol. The second-order valence-electron chi connectivity index (χ2n) is 2.74. The van der Waals surface area contributed by atoms with E-state index in [1.54, 1.807) is 0 Å². The maximum Gasteiger partial charge on any atom is 0.382 e. The number of hydrogen-bond donors (Lipinski definition) is 0. The molecular formula is C10H7ClO4. The number of halogens is 1. The Hall–Kier alpha value is -1.68. The Morgan fingerprint density at radius 3 is 2.13 bits per heavy atom. The lowest BCUT2D eigenvalue weighted by Gasteiger charge is -2.00. The quantitative estimate of drug-likeness (QED) is 0.437. The van der Waals surface area contributed by atoms with Gasteiger partial charge < -0.3 is 4.74 Å². The van der Waals surface area contributed by atoms with E-state index >= 15 is 0 Å². The van der Waals surface area contributed by atoms with Crippen LogP contribution in [0.15, 0.2) is 24.3 Å². The zero-order valence-electron chi connectivity index (χ0n) is 7.82. The van der Waals surface area contributed by atoms with Gasteiger partial charge in [0.15, 0.2) is 0 Å². The molecule has 1 aromatic rings. The molecule has 0 saturated heterocycles. The Morgan fingerprint density at radius 1 is 1.13 bits per heavy atom. The lowest BCUT2D eigenvalue weighted by Crippen LogP contribution is -2.18. The van der Waals surface area contributed by atoms with E-state index in [0.29, 0.717) is 5.02 Å². The smallest absolute Gasteiger partial charge is 0.382 e. The number of carbonyl (C=O) groups excluding carboxylic acids is 3. The zero-order valence-corrected chi connectivity index (χ0v) is 8.58. The van der Waals surface area contributed by atoms with Gasteiger partial charge in [-0.3, -0.25) is 4.79 Å². The average molecular weight is 227 g/mol. The lowest BCUT2D eigenvalue weighted by molar-refractivity contribution is -0.148. The number of ether oxygens (including phenoxy) is 1. The van der Waals surface area contributed by atoms with E-state index < -0.39 is 17.7 Å². The largest absolute Gasteiger partial charge is 0.384 e. The van der Waals surface area contributed by atoms with E-state index in [0.717, 1.165) is 6.92 Å². The van der Waals surface area contributed by atoms with Gasteiger partial charge in [-0.15, -0.1) is 0 Å². The molecule has 0 heterocycles.